The Morgan fingerprint density at radius 1 is 1.00 bits per heavy atom. The van der Waals surface area contributed by atoms with E-state index in [-0.39, 0.29) is 23.6 Å². The van der Waals surface area contributed by atoms with Crippen LogP contribution in [0.1, 0.15) is 66.6 Å². The molecule has 1 aromatic heterocycles. The maximum Gasteiger partial charge on any atom is 0.268 e. The summed E-state index contributed by atoms with van der Waals surface area (Å²) in [7, 11) is 0. The molecule has 0 unspecified atom stereocenters. The van der Waals surface area contributed by atoms with Crippen molar-refractivity contribution in [3.8, 4) is 0 Å². The molecule has 0 atom stereocenters. The van der Waals surface area contributed by atoms with Gasteiger partial charge in [0.1, 0.15) is 11.5 Å². The molecule has 1 saturated carbocycles. The van der Waals surface area contributed by atoms with Crippen LogP contribution in [0.2, 0.25) is 0 Å². The zero-order chi connectivity index (χ0) is 19.8. The molecule has 2 N–H and O–H groups in total. The van der Waals surface area contributed by atoms with E-state index in [1.165, 1.54) is 19.3 Å². The molecule has 0 aliphatic heterocycles. The number of nitrogens with one attached hydrogen (secondary N) is 2. The first-order valence-electron chi connectivity index (χ1n) is 10.1. The fourth-order valence-corrected chi connectivity index (χ4v) is 3.55. The molecule has 1 aromatic carbocycles. The lowest BCUT2D eigenvalue weighted by molar-refractivity contribution is -0.118. The summed E-state index contributed by atoms with van der Waals surface area (Å²) in [5.41, 5.74) is 1.61. The lowest BCUT2D eigenvalue weighted by Crippen LogP contribution is -2.40. The summed E-state index contributed by atoms with van der Waals surface area (Å²) in [4.78, 5) is 25.7. The minimum atomic E-state index is -0.302. The predicted molar refractivity (Wildman–Crippen MR) is 110 cm³/mol. The fraction of sp³-hybridized carbons (Fsp3) is 0.391. The Labute approximate surface area is 166 Å². The highest BCUT2D eigenvalue weighted by molar-refractivity contribution is 6.05. The number of carbonyl (C=O) groups excluding carboxylic acids is 2. The van der Waals surface area contributed by atoms with Crippen LogP contribution in [0.3, 0.4) is 0 Å². The molecule has 1 aliphatic rings. The molecule has 5 heteroatoms. The first kappa shape index (κ1) is 19.9. The highest BCUT2D eigenvalue weighted by atomic mass is 16.3. The van der Waals surface area contributed by atoms with Crippen molar-refractivity contribution in [1.82, 2.24) is 10.6 Å². The SMILES string of the molecule is Cc1ccccc1C(=O)N/C(=C\c1ccco1)C(=O)NC1CCCCCCC1. The van der Waals surface area contributed by atoms with Gasteiger partial charge in [-0.1, -0.05) is 50.3 Å². The average molecular weight is 380 g/mol. The first-order chi connectivity index (χ1) is 13.6. The van der Waals surface area contributed by atoms with Gasteiger partial charge in [0, 0.05) is 17.7 Å². The van der Waals surface area contributed by atoms with Gasteiger partial charge in [-0.3, -0.25) is 9.59 Å². The molecular weight excluding hydrogens is 352 g/mol. The summed E-state index contributed by atoms with van der Waals surface area (Å²) >= 11 is 0. The number of carbonyl (C=O) groups is 2. The van der Waals surface area contributed by atoms with Crippen molar-refractivity contribution in [2.24, 2.45) is 0 Å². The largest absolute Gasteiger partial charge is 0.465 e. The van der Waals surface area contributed by atoms with Gasteiger partial charge in [-0.15, -0.1) is 0 Å². The molecule has 0 spiro atoms. The van der Waals surface area contributed by atoms with Crippen LogP contribution in [-0.2, 0) is 4.79 Å². The Morgan fingerprint density at radius 3 is 2.39 bits per heavy atom. The molecule has 1 fully saturated rings. The highest BCUT2D eigenvalue weighted by Crippen LogP contribution is 2.18. The lowest BCUT2D eigenvalue weighted by Gasteiger charge is -2.22. The third-order valence-electron chi connectivity index (χ3n) is 5.15. The summed E-state index contributed by atoms with van der Waals surface area (Å²) in [5, 5.41) is 5.89. The molecule has 0 saturated heterocycles. The van der Waals surface area contributed by atoms with Crippen molar-refractivity contribution in [3.05, 3.63) is 65.2 Å². The van der Waals surface area contributed by atoms with Gasteiger partial charge < -0.3 is 15.1 Å². The van der Waals surface area contributed by atoms with E-state index >= 15 is 0 Å². The maximum absolute atomic E-state index is 13.0. The van der Waals surface area contributed by atoms with Gasteiger partial charge in [0.15, 0.2) is 0 Å². The summed E-state index contributed by atoms with van der Waals surface area (Å²) in [6, 6.07) is 11.0. The number of aryl methyl sites for hydroxylation is 1. The summed E-state index contributed by atoms with van der Waals surface area (Å²) in [6.07, 6.45) is 11.0. The second kappa shape index (κ2) is 9.93. The van der Waals surface area contributed by atoms with Gasteiger partial charge in [-0.2, -0.15) is 0 Å². The van der Waals surface area contributed by atoms with Crippen molar-refractivity contribution >= 4 is 17.9 Å². The third kappa shape index (κ3) is 5.59. The van der Waals surface area contributed by atoms with Crippen LogP contribution in [0.25, 0.3) is 6.08 Å². The van der Waals surface area contributed by atoms with Crippen LogP contribution in [0.15, 0.2) is 52.8 Å². The molecule has 2 aromatic rings. The van der Waals surface area contributed by atoms with E-state index in [0.717, 1.165) is 31.2 Å². The van der Waals surface area contributed by atoms with Gasteiger partial charge in [-0.05, 0) is 43.5 Å². The predicted octanol–water partition coefficient (Wildman–Crippen LogP) is 4.59. The van der Waals surface area contributed by atoms with Crippen molar-refractivity contribution < 1.29 is 14.0 Å². The van der Waals surface area contributed by atoms with Crippen LogP contribution >= 0.6 is 0 Å². The minimum Gasteiger partial charge on any atom is -0.465 e. The zero-order valence-electron chi connectivity index (χ0n) is 16.4. The first-order valence-corrected chi connectivity index (χ1v) is 10.1. The van der Waals surface area contributed by atoms with Gasteiger partial charge in [0.2, 0.25) is 0 Å². The van der Waals surface area contributed by atoms with E-state index in [1.807, 2.05) is 25.1 Å². The van der Waals surface area contributed by atoms with Gasteiger partial charge >= 0.3 is 0 Å². The number of hydrogen-bond donors (Lipinski definition) is 2. The van der Waals surface area contributed by atoms with E-state index in [0.29, 0.717) is 11.3 Å². The Bertz CT molecular complexity index is 816. The maximum atomic E-state index is 13.0. The molecular formula is C23H28N2O3. The second-order valence-electron chi connectivity index (χ2n) is 7.36. The normalized spacial score (nSPS) is 16.1. The average Bonchev–Trinajstić information content (AvgIpc) is 3.16. The highest BCUT2D eigenvalue weighted by Gasteiger charge is 2.20. The number of benzene rings is 1. The molecule has 3 rings (SSSR count). The summed E-state index contributed by atoms with van der Waals surface area (Å²) in [6.45, 7) is 1.87. The monoisotopic (exact) mass is 380 g/mol. The van der Waals surface area contributed by atoms with Gasteiger partial charge in [-0.25, -0.2) is 0 Å². The molecule has 0 radical (unpaired) electrons. The Kier molecular flexibility index (Phi) is 7.06. The smallest absolute Gasteiger partial charge is 0.268 e. The standard InChI is InChI=1S/C23H28N2O3/c1-17-10-7-8-14-20(17)22(26)25-21(16-19-13-9-15-28-19)23(27)24-18-11-5-3-2-4-6-12-18/h7-10,13-16,18H,2-6,11-12H2,1H3,(H,24,27)(H,25,26)/b21-16-. The van der Waals surface area contributed by atoms with E-state index in [1.54, 1.807) is 30.5 Å². The Morgan fingerprint density at radius 2 is 1.71 bits per heavy atom. The molecule has 0 bridgehead atoms. The van der Waals surface area contributed by atoms with Crippen molar-refractivity contribution in [2.45, 2.75) is 57.9 Å². The second-order valence-corrected chi connectivity index (χ2v) is 7.36. The Balaban J connectivity index is 1.76. The Hall–Kier alpha value is -2.82. The van der Waals surface area contributed by atoms with Gasteiger partial charge in [0.25, 0.3) is 11.8 Å². The van der Waals surface area contributed by atoms with Crippen LogP contribution < -0.4 is 10.6 Å². The molecule has 1 aliphatic carbocycles. The molecule has 5 nitrogen and oxygen atoms in total. The van der Waals surface area contributed by atoms with Crippen LogP contribution in [0.5, 0.6) is 0 Å². The topological polar surface area (TPSA) is 71.3 Å². The van der Waals surface area contributed by atoms with E-state index < -0.39 is 0 Å². The zero-order valence-corrected chi connectivity index (χ0v) is 16.4. The quantitative estimate of drug-likeness (QED) is 0.746. The van der Waals surface area contributed by atoms with Gasteiger partial charge in [0.05, 0.1) is 6.26 Å². The summed E-state index contributed by atoms with van der Waals surface area (Å²) < 4.78 is 5.34. The number of furan rings is 1. The van der Waals surface area contributed by atoms with Crippen LogP contribution in [0, 0.1) is 6.92 Å². The van der Waals surface area contributed by atoms with Crippen molar-refractivity contribution in [1.29, 1.82) is 0 Å². The van der Waals surface area contributed by atoms with Crippen molar-refractivity contribution in [3.63, 3.8) is 0 Å². The van der Waals surface area contributed by atoms with Crippen molar-refractivity contribution in [2.75, 3.05) is 0 Å². The number of amides is 2. The van der Waals surface area contributed by atoms with Crippen LogP contribution in [-0.4, -0.2) is 17.9 Å². The van der Waals surface area contributed by atoms with E-state index in [9.17, 15) is 9.59 Å². The number of rotatable bonds is 5. The third-order valence-corrected chi connectivity index (χ3v) is 5.15. The minimum absolute atomic E-state index is 0.142. The van der Waals surface area contributed by atoms with E-state index in [4.69, 9.17) is 4.42 Å². The molecule has 28 heavy (non-hydrogen) atoms. The molecule has 1 heterocycles. The number of hydrogen-bond acceptors (Lipinski definition) is 3. The summed E-state index contributed by atoms with van der Waals surface area (Å²) in [5.74, 6) is -0.0551. The lowest BCUT2D eigenvalue weighted by atomic mass is 9.96. The fourth-order valence-electron chi connectivity index (χ4n) is 3.55. The molecule has 2 amide bonds. The molecule has 148 valence electrons. The van der Waals surface area contributed by atoms with Crippen LogP contribution in [0.4, 0.5) is 0 Å². The van der Waals surface area contributed by atoms with E-state index in [2.05, 4.69) is 10.6 Å².